The smallest absolute Gasteiger partial charge is 0.119 e. The van der Waals surface area contributed by atoms with Crippen LogP contribution < -0.4 is 10.1 Å². The molecule has 1 aromatic rings. The van der Waals surface area contributed by atoms with Crippen LogP contribution in [0, 0.1) is 5.92 Å². The highest BCUT2D eigenvalue weighted by Crippen LogP contribution is 2.32. The fourth-order valence-corrected chi connectivity index (χ4v) is 1.94. The van der Waals surface area contributed by atoms with E-state index in [1.165, 1.54) is 18.4 Å². The largest absolute Gasteiger partial charge is 0.494 e. The molecule has 0 bridgehead atoms. The minimum Gasteiger partial charge on any atom is -0.494 e. The van der Waals surface area contributed by atoms with Crippen molar-refractivity contribution in [3.05, 3.63) is 29.8 Å². The summed E-state index contributed by atoms with van der Waals surface area (Å²) in [4.78, 5) is 0. The van der Waals surface area contributed by atoms with Crippen LogP contribution in [0.4, 0.5) is 0 Å². The molecule has 1 aromatic carbocycles. The normalized spacial score (nSPS) is 16.6. The quantitative estimate of drug-likeness (QED) is 0.743. The molecule has 1 saturated carbocycles. The van der Waals surface area contributed by atoms with E-state index in [0.29, 0.717) is 12.5 Å². The van der Waals surface area contributed by atoms with Gasteiger partial charge in [-0.1, -0.05) is 19.1 Å². The maximum absolute atomic E-state index is 9.73. The number of hydrogen-bond donors (Lipinski definition) is 2. The maximum Gasteiger partial charge on any atom is 0.119 e. The number of ether oxygens (including phenoxy) is 1. The first-order valence-electron chi connectivity index (χ1n) is 6.90. The second-order valence-corrected chi connectivity index (χ2v) is 5.03. The molecule has 0 spiro atoms. The van der Waals surface area contributed by atoms with Gasteiger partial charge in [0.25, 0.3) is 0 Å². The van der Waals surface area contributed by atoms with Crippen molar-refractivity contribution < 1.29 is 9.84 Å². The summed E-state index contributed by atoms with van der Waals surface area (Å²) in [6.45, 7) is 4.37. The Bertz CT molecular complexity index is 346. The first-order valence-corrected chi connectivity index (χ1v) is 6.90. The molecule has 3 heteroatoms. The molecule has 1 fully saturated rings. The van der Waals surface area contributed by atoms with Crippen molar-refractivity contribution in [2.24, 2.45) is 5.92 Å². The average Bonchev–Trinajstić information content (AvgIpc) is 3.22. The molecule has 0 saturated heterocycles. The number of aliphatic hydroxyl groups is 1. The topological polar surface area (TPSA) is 41.5 Å². The minimum absolute atomic E-state index is 0.169. The van der Waals surface area contributed by atoms with Gasteiger partial charge in [0.2, 0.25) is 0 Å². The van der Waals surface area contributed by atoms with E-state index in [9.17, 15) is 5.11 Å². The summed E-state index contributed by atoms with van der Waals surface area (Å²) in [5, 5.41) is 13.0. The fourth-order valence-electron chi connectivity index (χ4n) is 1.94. The van der Waals surface area contributed by atoms with Gasteiger partial charge in [0.1, 0.15) is 5.75 Å². The van der Waals surface area contributed by atoms with E-state index in [1.807, 2.05) is 12.1 Å². The Morgan fingerprint density at radius 3 is 2.67 bits per heavy atom. The van der Waals surface area contributed by atoms with Crippen LogP contribution in [0.1, 0.15) is 31.7 Å². The molecule has 18 heavy (non-hydrogen) atoms. The molecule has 1 aliphatic carbocycles. The van der Waals surface area contributed by atoms with E-state index < -0.39 is 0 Å². The summed E-state index contributed by atoms with van der Waals surface area (Å²) in [6.07, 6.45) is 3.23. The van der Waals surface area contributed by atoms with Crippen molar-refractivity contribution in [1.29, 1.82) is 0 Å². The SMILES string of the molecule is CCCOc1ccc(CNCC(O)C2CC2)cc1. The Morgan fingerprint density at radius 2 is 2.06 bits per heavy atom. The summed E-state index contributed by atoms with van der Waals surface area (Å²) >= 11 is 0. The van der Waals surface area contributed by atoms with Gasteiger partial charge in [-0.05, 0) is 42.9 Å². The van der Waals surface area contributed by atoms with Gasteiger partial charge in [-0.15, -0.1) is 0 Å². The highest BCUT2D eigenvalue weighted by atomic mass is 16.5. The molecule has 1 unspecified atom stereocenters. The van der Waals surface area contributed by atoms with E-state index in [4.69, 9.17) is 4.74 Å². The van der Waals surface area contributed by atoms with Gasteiger partial charge in [0.15, 0.2) is 0 Å². The standard InChI is InChI=1S/C15H23NO2/c1-2-9-18-14-7-3-12(4-8-14)10-16-11-15(17)13-5-6-13/h3-4,7-8,13,15-17H,2,5-6,9-11H2,1H3. The number of benzene rings is 1. The molecule has 3 nitrogen and oxygen atoms in total. The van der Waals surface area contributed by atoms with E-state index in [2.05, 4.69) is 24.4 Å². The van der Waals surface area contributed by atoms with Crippen LogP contribution in [0.3, 0.4) is 0 Å². The van der Waals surface area contributed by atoms with Crippen LogP contribution in [0.2, 0.25) is 0 Å². The van der Waals surface area contributed by atoms with Gasteiger partial charge in [0.05, 0.1) is 12.7 Å². The van der Waals surface area contributed by atoms with Crippen LogP contribution >= 0.6 is 0 Å². The van der Waals surface area contributed by atoms with Crippen LogP contribution in [0.5, 0.6) is 5.75 Å². The van der Waals surface area contributed by atoms with Crippen LogP contribution in [0.15, 0.2) is 24.3 Å². The summed E-state index contributed by atoms with van der Waals surface area (Å²) in [5.41, 5.74) is 1.22. The molecule has 1 atom stereocenters. The second-order valence-electron chi connectivity index (χ2n) is 5.03. The van der Waals surface area contributed by atoms with Crippen molar-refractivity contribution in [1.82, 2.24) is 5.32 Å². The van der Waals surface area contributed by atoms with E-state index in [-0.39, 0.29) is 6.10 Å². The third-order valence-corrected chi connectivity index (χ3v) is 3.24. The lowest BCUT2D eigenvalue weighted by atomic mass is 10.2. The Hall–Kier alpha value is -1.06. The number of rotatable bonds is 8. The van der Waals surface area contributed by atoms with Gasteiger partial charge in [-0.25, -0.2) is 0 Å². The lowest BCUT2D eigenvalue weighted by molar-refractivity contribution is 0.148. The summed E-state index contributed by atoms with van der Waals surface area (Å²) in [5.74, 6) is 1.47. The summed E-state index contributed by atoms with van der Waals surface area (Å²) in [7, 11) is 0. The third-order valence-electron chi connectivity index (χ3n) is 3.24. The first-order chi connectivity index (χ1) is 8.79. The van der Waals surface area contributed by atoms with Gasteiger partial charge in [-0.3, -0.25) is 0 Å². The molecule has 2 rings (SSSR count). The minimum atomic E-state index is -0.169. The average molecular weight is 249 g/mol. The van der Waals surface area contributed by atoms with Gasteiger partial charge in [-0.2, -0.15) is 0 Å². The molecule has 0 amide bonds. The van der Waals surface area contributed by atoms with Crippen molar-refractivity contribution >= 4 is 0 Å². The zero-order valence-electron chi connectivity index (χ0n) is 11.1. The van der Waals surface area contributed by atoms with Crippen molar-refractivity contribution in [3.8, 4) is 5.75 Å². The van der Waals surface area contributed by atoms with Crippen LogP contribution in [-0.2, 0) is 6.54 Å². The molecular formula is C15H23NO2. The van der Waals surface area contributed by atoms with Crippen LogP contribution in [0.25, 0.3) is 0 Å². The lowest BCUT2D eigenvalue weighted by Gasteiger charge is -2.11. The Morgan fingerprint density at radius 1 is 1.33 bits per heavy atom. The molecule has 0 aliphatic heterocycles. The molecular weight excluding hydrogens is 226 g/mol. The molecule has 0 heterocycles. The van der Waals surface area contributed by atoms with Crippen LogP contribution in [-0.4, -0.2) is 24.4 Å². The Kier molecular flexibility index (Phi) is 5.02. The monoisotopic (exact) mass is 249 g/mol. The van der Waals surface area contributed by atoms with E-state index in [0.717, 1.165) is 25.3 Å². The summed E-state index contributed by atoms with van der Waals surface area (Å²) < 4.78 is 5.53. The van der Waals surface area contributed by atoms with Gasteiger partial charge >= 0.3 is 0 Å². The zero-order chi connectivity index (χ0) is 12.8. The fraction of sp³-hybridized carbons (Fsp3) is 0.600. The van der Waals surface area contributed by atoms with Crippen molar-refractivity contribution in [2.45, 2.75) is 38.8 Å². The molecule has 1 aliphatic rings. The number of hydrogen-bond acceptors (Lipinski definition) is 3. The van der Waals surface area contributed by atoms with E-state index >= 15 is 0 Å². The molecule has 0 aromatic heterocycles. The first kappa shape index (κ1) is 13.4. The molecule has 100 valence electrons. The highest BCUT2D eigenvalue weighted by molar-refractivity contribution is 5.27. The number of aliphatic hydroxyl groups excluding tert-OH is 1. The number of nitrogens with one attached hydrogen (secondary N) is 1. The Balaban J connectivity index is 1.68. The maximum atomic E-state index is 9.73. The second kappa shape index (κ2) is 6.76. The van der Waals surface area contributed by atoms with E-state index in [1.54, 1.807) is 0 Å². The Labute approximate surface area is 109 Å². The highest BCUT2D eigenvalue weighted by Gasteiger charge is 2.28. The van der Waals surface area contributed by atoms with Crippen molar-refractivity contribution in [2.75, 3.05) is 13.2 Å². The zero-order valence-corrected chi connectivity index (χ0v) is 11.1. The predicted octanol–water partition coefficient (Wildman–Crippen LogP) is 2.34. The molecule has 0 radical (unpaired) electrons. The summed E-state index contributed by atoms with van der Waals surface area (Å²) in [6, 6.07) is 8.15. The van der Waals surface area contributed by atoms with Gasteiger partial charge in [0, 0.05) is 13.1 Å². The lowest BCUT2D eigenvalue weighted by Crippen LogP contribution is -2.27. The van der Waals surface area contributed by atoms with Gasteiger partial charge < -0.3 is 15.2 Å². The third kappa shape index (κ3) is 4.31. The molecule has 2 N–H and O–H groups in total. The predicted molar refractivity (Wildman–Crippen MR) is 72.7 cm³/mol. The van der Waals surface area contributed by atoms with Crippen molar-refractivity contribution in [3.63, 3.8) is 0 Å².